The molecule has 4 nitrogen and oxygen atoms in total. The lowest BCUT2D eigenvalue weighted by Gasteiger charge is -2.27. The van der Waals surface area contributed by atoms with Crippen LogP contribution in [0.4, 0.5) is 0 Å². The predicted molar refractivity (Wildman–Crippen MR) is 79.8 cm³/mol. The summed E-state index contributed by atoms with van der Waals surface area (Å²) in [5.41, 5.74) is 2.56. The average Bonchev–Trinajstić information content (AvgIpc) is 2.44. The number of piperidine rings is 1. The number of rotatable bonds is 3. The Morgan fingerprint density at radius 2 is 1.65 bits per heavy atom. The quantitative estimate of drug-likeness (QED) is 0.862. The van der Waals surface area contributed by atoms with Crippen LogP contribution in [-0.4, -0.2) is 32.9 Å². The first-order chi connectivity index (χ1) is 9.39. The van der Waals surface area contributed by atoms with Crippen molar-refractivity contribution in [1.82, 2.24) is 4.31 Å². The molecule has 1 fully saturated rings. The Hall–Kier alpha value is -1.07. The molecule has 0 aliphatic carbocycles. The highest BCUT2D eigenvalue weighted by Gasteiger charge is 2.29. The summed E-state index contributed by atoms with van der Waals surface area (Å²) >= 11 is 0. The molecule has 1 saturated heterocycles. The minimum absolute atomic E-state index is 0.426. The van der Waals surface area contributed by atoms with Gasteiger partial charge in [0, 0.05) is 13.1 Å². The van der Waals surface area contributed by atoms with Crippen molar-refractivity contribution in [2.45, 2.75) is 44.9 Å². The maximum absolute atomic E-state index is 12.8. The third kappa shape index (κ3) is 2.56. The zero-order chi connectivity index (χ0) is 14.9. The Bertz CT molecular complexity index is 602. The molecule has 0 atom stereocenters. The average molecular weight is 297 g/mol. The van der Waals surface area contributed by atoms with Crippen molar-refractivity contribution >= 4 is 10.0 Å². The number of nitrogens with zero attached hydrogens (tertiary/aromatic N) is 1. The number of hydrogen-bond donors (Lipinski definition) is 0. The number of methoxy groups -OCH3 is 1. The minimum Gasteiger partial charge on any atom is -0.496 e. The Labute approximate surface area is 121 Å². The Morgan fingerprint density at radius 1 is 1.05 bits per heavy atom. The maximum atomic E-state index is 12.8. The number of sulfonamides is 1. The zero-order valence-electron chi connectivity index (χ0n) is 12.7. The van der Waals surface area contributed by atoms with Crippen LogP contribution >= 0.6 is 0 Å². The standard InChI is InChI=1S/C15H23NO3S/c1-11-10-14(12(2)13(3)15(11)19-4)20(17,18)16-8-6-5-7-9-16/h10H,5-9H2,1-4H3. The highest BCUT2D eigenvalue weighted by molar-refractivity contribution is 7.89. The molecule has 5 heteroatoms. The number of benzene rings is 1. The molecule has 0 aromatic heterocycles. The van der Waals surface area contributed by atoms with Crippen LogP contribution in [0.1, 0.15) is 36.0 Å². The smallest absolute Gasteiger partial charge is 0.243 e. The van der Waals surface area contributed by atoms with E-state index in [4.69, 9.17) is 4.74 Å². The van der Waals surface area contributed by atoms with Gasteiger partial charge in [0.15, 0.2) is 0 Å². The maximum Gasteiger partial charge on any atom is 0.243 e. The van der Waals surface area contributed by atoms with Gasteiger partial charge in [-0.1, -0.05) is 6.42 Å². The van der Waals surface area contributed by atoms with Crippen LogP contribution in [0, 0.1) is 20.8 Å². The lowest BCUT2D eigenvalue weighted by Crippen LogP contribution is -2.36. The van der Waals surface area contributed by atoms with E-state index in [-0.39, 0.29) is 0 Å². The lowest BCUT2D eigenvalue weighted by molar-refractivity contribution is 0.346. The largest absolute Gasteiger partial charge is 0.496 e. The number of hydrogen-bond acceptors (Lipinski definition) is 3. The van der Waals surface area contributed by atoms with E-state index < -0.39 is 10.0 Å². The molecule has 1 aromatic carbocycles. The van der Waals surface area contributed by atoms with Crippen molar-refractivity contribution in [3.63, 3.8) is 0 Å². The van der Waals surface area contributed by atoms with Gasteiger partial charge in [-0.3, -0.25) is 0 Å². The van der Waals surface area contributed by atoms with Crippen molar-refractivity contribution in [3.05, 3.63) is 22.8 Å². The first-order valence-corrected chi connectivity index (χ1v) is 8.48. The molecule has 0 spiro atoms. The Kier molecular flexibility index (Phi) is 4.39. The van der Waals surface area contributed by atoms with Crippen LogP contribution in [0.5, 0.6) is 5.75 Å². The van der Waals surface area contributed by atoms with E-state index in [1.807, 2.05) is 20.8 Å². The highest BCUT2D eigenvalue weighted by Crippen LogP contribution is 2.32. The second kappa shape index (κ2) is 5.74. The fraction of sp³-hybridized carbons (Fsp3) is 0.600. The molecule has 2 rings (SSSR count). The summed E-state index contributed by atoms with van der Waals surface area (Å²) in [6.07, 6.45) is 3.02. The van der Waals surface area contributed by atoms with E-state index in [1.54, 1.807) is 17.5 Å². The van der Waals surface area contributed by atoms with Crippen LogP contribution in [0.25, 0.3) is 0 Å². The summed E-state index contributed by atoms with van der Waals surface area (Å²) < 4.78 is 32.6. The fourth-order valence-corrected chi connectivity index (χ4v) is 4.73. The predicted octanol–water partition coefficient (Wildman–Crippen LogP) is 2.80. The molecule has 0 saturated carbocycles. The molecule has 1 aliphatic heterocycles. The molecule has 1 heterocycles. The van der Waals surface area contributed by atoms with Crippen molar-refractivity contribution < 1.29 is 13.2 Å². The summed E-state index contributed by atoms with van der Waals surface area (Å²) in [6.45, 7) is 6.92. The van der Waals surface area contributed by atoms with E-state index in [9.17, 15) is 8.42 Å². The SMILES string of the molecule is COc1c(C)cc(S(=O)(=O)N2CCCCC2)c(C)c1C. The van der Waals surface area contributed by atoms with E-state index in [0.717, 1.165) is 41.7 Å². The molecule has 1 aromatic rings. The number of ether oxygens (including phenoxy) is 1. The van der Waals surface area contributed by atoms with Crippen molar-refractivity contribution in [3.8, 4) is 5.75 Å². The molecule has 20 heavy (non-hydrogen) atoms. The highest BCUT2D eigenvalue weighted by atomic mass is 32.2. The monoisotopic (exact) mass is 297 g/mol. The zero-order valence-corrected chi connectivity index (χ0v) is 13.5. The van der Waals surface area contributed by atoms with Crippen molar-refractivity contribution in [2.75, 3.05) is 20.2 Å². The van der Waals surface area contributed by atoms with Crippen molar-refractivity contribution in [1.29, 1.82) is 0 Å². The number of aryl methyl sites for hydroxylation is 1. The Balaban J connectivity index is 2.52. The molecule has 1 aliphatic rings. The van der Waals surface area contributed by atoms with Gasteiger partial charge in [0.1, 0.15) is 5.75 Å². The molecule has 0 radical (unpaired) electrons. The third-order valence-electron chi connectivity index (χ3n) is 4.12. The van der Waals surface area contributed by atoms with Gasteiger partial charge in [0.25, 0.3) is 0 Å². The topological polar surface area (TPSA) is 46.6 Å². The molecule has 0 N–H and O–H groups in total. The van der Waals surface area contributed by atoms with E-state index in [2.05, 4.69) is 0 Å². The van der Waals surface area contributed by atoms with Crippen LogP contribution in [0.15, 0.2) is 11.0 Å². The van der Waals surface area contributed by atoms with Gasteiger partial charge in [-0.15, -0.1) is 0 Å². The first-order valence-electron chi connectivity index (χ1n) is 7.04. The summed E-state index contributed by atoms with van der Waals surface area (Å²) in [5, 5.41) is 0. The minimum atomic E-state index is -3.38. The summed E-state index contributed by atoms with van der Waals surface area (Å²) in [5.74, 6) is 0.778. The molecule has 112 valence electrons. The molecule has 0 amide bonds. The van der Waals surface area contributed by atoms with Gasteiger partial charge in [0.2, 0.25) is 10.0 Å². The van der Waals surface area contributed by atoms with Gasteiger partial charge in [0.05, 0.1) is 12.0 Å². The second-order valence-corrected chi connectivity index (χ2v) is 7.35. The normalized spacial score (nSPS) is 17.2. The molecular weight excluding hydrogens is 274 g/mol. The first kappa shape index (κ1) is 15.3. The fourth-order valence-electron chi connectivity index (χ4n) is 2.85. The molecule has 0 bridgehead atoms. The van der Waals surface area contributed by atoms with Crippen molar-refractivity contribution in [2.24, 2.45) is 0 Å². The lowest BCUT2D eigenvalue weighted by atomic mass is 10.1. The summed E-state index contributed by atoms with van der Waals surface area (Å²) in [6, 6.07) is 1.74. The van der Waals surface area contributed by atoms with Gasteiger partial charge in [-0.05, 0) is 56.4 Å². The van der Waals surface area contributed by atoms with Gasteiger partial charge < -0.3 is 4.74 Å². The van der Waals surface area contributed by atoms with Crippen LogP contribution < -0.4 is 4.74 Å². The van der Waals surface area contributed by atoms with E-state index in [0.29, 0.717) is 18.0 Å². The van der Waals surface area contributed by atoms with Crippen LogP contribution in [0.2, 0.25) is 0 Å². The molecular formula is C15H23NO3S. The Morgan fingerprint density at radius 3 is 2.20 bits per heavy atom. The van der Waals surface area contributed by atoms with Gasteiger partial charge in [-0.25, -0.2) is 8.42 Å². The van der Waals surface area contributed by atoms with Gasteiger partial charge in [-0.2, -0.15) is 4.31 Å². The second-order valence-electron chi connectivity index (χ2n) is 5.44. The van der Waals surface area contributed by atoms with Gasteiger partial charge >= 0.3 is 0 Å². The van der Waals surface area contributed by atoms with Crippen LogP contribution in [0.3, 0.4) is 0 Å². The molecule has 0 unspecified atom stereocenters. The summed E-state index contributed by atoms with van der Waals surface area (Å²) in [7, 11) is -1.77. The third-order valence-corrected chi connectivity index (χ3v) is 6.14. The van der Waals surface area contributed by atoms with E-state index in [1.165, 1.54) is 0 Å². The van der Waals surface area contributed by atoms with Crippen LogP contribution in [-0.2, 0) is 10.0 Å². The summed E-state index contributed by atoms with van der Waals surface area (Å²) in [4.78, 5) is 0.426. The van der Waals surface area contributed by atoms with E-state index >= 15 is 0 Å².